The molecule has 0 saturated heterocycles. The standard InChI is InChI=1S/C13H11BrF2N2O2/c1-7-17-5-11(13(19)20-2)18(7)6-8-10(15)4-3-9(14)12(8)16/h3-5H,6H2,1-2H3. The Hall–Kier alpha value is -1.76. The Morgan fingerprint density at radius 1 is 1.45 bits per heavy atom. The fourth-order valence-electron chi connectivity index (χ4n) is 1.81. The second kappa shape index (κ2) is 5.70. The van der Waals surface area contributed by atoms with Crippen LogP contribution in [0, 0.1) is 18.6 Å². The number of aryl methyl sites for hydroxylation is 1. The molecule has 0 saturated carbocycles. The van der Waals surface area contributed by atoms with Crippen LogP contribution in [-0.2, 0) is 11.3 Å². The highest BCUT2D eigenvalue weighted by molar-refractivity contribution is 9.10. The molecule has 7 heteroatoms. The summed E-state index contributed by atoms with van der Waals surface area (Å²) >= 11 is 3.01. The van der Waals surface area contributed by atoms with E-state index in [2.05, 4.69) is 25.7 Å². The molecule has 0 aliphatic carbocycles. The Labute approximate surface area is 122 Å². The third kappa shape index (κ3) is 2.58. The van der Waals surface area contributed by atoms with Crippen LogP contribution in [0.3, 0.4) is 0 Å². The Balaban J connectivity index is 2.48. The Kier molecular flexibility index (Phi) is 4.17. The minimum absolute atomic E-state index is 0.142. The molecule has 1 aromatic heterocycles. The van der Waals surface area contributed by atoms with Gasteiger partial charge in [0, 0.05) is 5.56 Å². The predicted octanol–water partition coefficient (Wildman–Crippen LogP) is 3.07. The van der Waals surface area contributed by atoms with Gasteiger partial charge in [0.1, 0.15) is 23.2 Å². The molecule has 0 aliphatic rings. The van der Waals surface area contributed by atoms with E-state index in [1.807, 2.05) is 0 Å². The molecule has 0 atom stereocenters. The smallest absolute Gasteiger partial charge is 0.356 e. The number of esters is 1. The number of halogens is 3. The summed E-state index contributed by atoms with van der Waals surface area (Å²) in [6.45, 7) is 1.49. The fourth-order valence-corrected chi connectivity index (χ4v) is 2.18. The zero-order valence-electron chi connectivity index (χ0n) is 10.8. The number of nitrogens with zero attached hydrogens (tertiary/aromatic N) is 2. The van der Waals surface area contributed by atoms with Crippen LogP contribution < -0.4 is 0 Å². The maximum atomic E-state index is 14.0. The molecule has 0 radical (unpaired) electrons. The molecule has 0 aliphatic heterocycles. The minimum Gasteiger partial charge on any atom is -0.464 e. The van der Waals surface area contributed by atoms with E-state index in [0.29, 0.717) is 5.82 Å². The summed E-state index contributed by atoms with van der Waals surface area (Å²) in [4.78, 5) is 15.6. The zero-order valence-corrected chi connectivity index (χ0v) is 12.4. The number of carbonyl (C=O) groups excluding carboxylic acids is 1. The fraction of sp³-hybridized carbons (Fsp3) is 0.231. The molecule has 20 heavy (non-hydrogen) atoms. The number of rotatable bonds is 3. The van der Waals surface area contributed by atoms with E-state index in [-0.39, 0.29) is 22.3 Å². The lowest BCUT2D eigenvalue weighted by Crippen LogP contribution is -2.14. The van der Waals surface area contributed by atoms with Gasteiger partial charge < -0.3 is 9.30 Å². The van der Waals surface area contributed by atoms with Crippen LogP contribution in [0.4, 0.5) is 8.78 Å². The Bertz CT molecular complexity index is 671. The van der Waals surface area contributed by atoms with Gasteiger partial charge in [-0.1, -0.05) is 0 Å². The van der Waals surface area contributed by atoms with Crippen molar-refractivity contribution in [2.75, 3.05) is 7.11 Å². The number of imidazole rings is 1. The summed E-state index contributed by atoms with van der Waals surface area (Å²) in [5.41, 5.74) is -0.00518. The van der Waals surface area contributed by atoms with Gasteiger partial charge in [-0.3, -0.25) is 0 Å². The van der Waals surface area contributed by atoms with E-state index in [1.165, 1.54) is 23.9 Å². The maximum absolute atomic E-state index is 14.0. The lowest BCUT2D eigenvalue weighted by molar-refractivity contribution is 0.0588. The normalized spacial score (nSPS) is 10.7. The van der Waals surface area contributed by atoms with Crippen molar-refractivity contribution in [1.82, 2.24) is 9.55 Å². The molecule has 1 heterocycles. The molecule has 0 spiro atoms. The predicted molar refractivity (Wildman–Crippen MR) is 71.5 cm³/mol. The Morgan fingerprint density at radius 2 is 2.15 bits per heavy atom. The average molecular weight is 345 g/mol. The van der Waals surface area contributed by atoms with Gasteiger partial charge >= 0.3 is 5.97 Å². The SMILES string of the molecule is COC(=O)c1cnc(C)n1Cc1c(F)ccc(Br)c1F. The molecule has 0 unspecified atom stereocenters. The summed E-state index contributed by atoms with van der Waals surface area (Å²) < 4.78 is 33.9. The summed E-state index contributed by atoms with van der Waals surface area (Å²) in [5, 5.41) is 0. The lowest BCUT2D eigenvalue weighted by atomic mass is 10.2. The van der Waals surface area contributed by atoms with E-state index in [9.17, 15) is 13.6 Å². The number of carbonyl (C=O) groups is 1. The molecular weight excluding hydrogens is 334 g/mol. The van der Waals surface area contributed by atoms with Gasteiger partial charge in [0.2, 0.25) is 0 Å². The topological polar surface area (TPSA) is 44.1 Å². The molecule has 0 N–H and O–H groups in total. The van der Waals surface area contributed by atoms with Crippen LogP contribution in [0.2, 0.25) is 0 Å². The van der Waals surface area contributed by atoms with Crippen molar-refractivity contribution in [2.24, 2.45) is 0 Å². The average Bonchev–Trinajstić information content (AvgIpc) is 2.79. The molecule has 2 rings (SSSR count). The second-order valence-electron chi connectivity index (χ2n) is 4.09. The number of hydrogen-bond donors (Lipinski definition) is 0. The van der Waals surface area contributed by atoms with Gasteiger partial charge in [-0.2, -0.15) is 0 Å². The van der Waals surface area contributed by atoms with E-state index in [1.54, 1.807) is 6.92 Å². The highest BCUT2D eigenvalue weighted by Gasteiger charge is 2.19. The minimum atomic E-state index is -0.700. The number of aromatic nitrogens is 2. The van der Waals surface area contributed by atoms with Gasteiger partial charge in [0.25, 0.3) is 0 Å². The summed E-state index contributed by atoms with van der Waals surface area (Å²) in [6, 6.07) is 2.45. The van der Waals surface area contributed by atoms with Crippen molar-refractivity contribution in [1.29, 1.82) is 0 Å². The first kappa shape index (κ1) is 14.6. The van der Waals surface area contributed by atoms with Crippen molar-refractivity contribution in [3.63, 3.8) is 0 Å². The number of hydrogen-bond acceptors (Lipinski definition) is 3. The number of ether oxygens (including phenoxy) is 1. The number of methoxy groups -OCH3 is 1. The van der Waals surface area contributed by atoms with Crippen molar-refractivity contribution >= 4 is 21.9 Å². The summed E-state index contributed by atoms with van der Waals surface area (Å²) in [5.74, 6) is -1.53. The van der Waals surface area contributed by atoms with Crippen molar-refractivity contribution in [3.05, 3.63) is 51.5 Å². The van der Waals surface area contributed by atoms with E-state index in [0.717, 1.165) is 6.07 Å². The lowest BCUT2D eigenvalue weighted by Gasteiger charge is -2.11. The third-order valence-corrected chi connectivity index (χ3v) is 3.52. The molecule has 0 fully saturated rings. The largest absolute Gasteiger partial charge is 0.464 e. The Morgan fingerprint density at radius 3 is 2.80 bits per heavy atom. The van der Waals surface area contributed by atoms with Gasteiger partial charge in [0.05, 0.1) is 24.3 Å². The molecule has 2 aromatic rings. The molecular formula is C13H11BrF2N2O2. The zero-order chi connectivity index (χ0) is 14.9. The van der Waals surface area contributed by atoms with E-state index >= 15 is 0 Å². The first-order valence-electron chi connectivity index (χ1n) is 5.68. The molecule has 1 aromatic carbocycles. The van der Waals surface area contributed by atoms with E-state index < -0.39 is 17.6 Å². The highest BCUT2D eigenvalue weighted by Crippen LogP contribution is 2.23. The molecule has 0 amide bonds. The van der Waals surface area contributed by atoms with Crippen LogP contribution in [0.25, 0.3) is 0 Å². The summed E-state index contributed by atoms with van der Waals surface area (Å²) in [7, 11) is 1.23. The highest BCUT2D eigenvalue weighted by atomic mass is 79.9. The first-order chi connectivity index (χ1) is 9.45. The first-order valence-corrected chi connectivity index (χ1v) is 6.47. The summed E-state index contributed by atoms with van der Waals surface area (Å²) in [6.07, 6.45) is 1.31. The third-order valence-electron chi connectivity index (χ3n) is 2.90. The van der Waals surface area contributed by atoms with Gasteiger partial charge in [-0.25, -0.2) is 18.6 Å². The van der Waals surface area contributed by atoms with Crippen LogP contribution in [0.1, 0.15) is 21.9 Å². The molecule has 106 valence electrons. The van der Waals surface area contributed by atoms with Crippen LogP contribution >= 0.6 is 15.9 Å². The van der Waals surface area contributed by atoms with Gasteiger partial charge in [-0.15, -0.1) is 0 Å². The molecule has 4 nitrogen and oxygen atoms in total. The van der Waals surface area contributed by atoms with E-state index in [4.69, 9.17) is 0 Å². The van der Waals surface area contributed by atoms with Crippen LogP contribution in [0.15, 0.2) is 22.8 Å². The van der Waals surface area contributed by atoms with Crippen molar-refractivity contribution < 1.29 is 18.3 Å². The van der Waals surface area contributed by atoms with Gasteiger partial charge in [-0.05, 0) is 35.0 Å². The molecule has 0 bridgehead atoms. The van der Waals surface area contributed by atoms with Crippen molar-refractivity contribution in [3.8, 4) is 0 Å². The second-order valence-corrected chi connectivity index (χ2v) is 4.94. The van der Waals surface area contributed by atoms with Crippen LogP contribution in [-0.4, -0.2) is 22.6 Å². The maximum Gasteiger partial charge on any atom is 0.356 e. The van der Waals surface area contributed by atoms with Crippen LogP contribution in [0.5, 0.6) is 0 Å². The van der Waals surface area contributed by atoms with Crippen molar-refractivity contribution in [2.45, 2.75) is 13.5 Å². The monoisotopic (exact) mass is 344 g/mol. The number of benzene rings is 1. The quantitative estimate of drug-likeness (QED) is 0.634. The van der Waals surface area contributed by atoms with Gasteiger partial charge in [0.15, 0.2) is 0 Å².